The van der Waals surface area contributed by atoms with Crippen LogP contribution in [0.2, 0.25) is 5.02 Å². The van der Waals surface area contributed by atoms with Crippen molar-refractivity contribution < 1.29 is 0 Å². The van der Waals surface area contributed by atoms with E-state index in [0.717, 1.165) is 22.5 Å². The summed E-state index contributed by atoms with van der Waals surface area (Å²) in [7, 11) is 0. The lowest BCUT2D eigenvalue weighted by molar-refractivity contribution is 0.341. The molecule has 1 N–H and O–H groups in total. The van der Waals surface area contributed by atoms with E-state index in [4.69, 9.17) is 11.6 Å². The second-order valence-corrected chi connectivity index (χ2v) is 5.88. The van der Waals surface area contributed by atoms with Crippen LogP contribution in [-0.2, 0) is 0 Å². The Bertz CT molecular complexity index is 364. The van der Waals surface area contributed by atoms with Gasteiger partial charge in [0.25, 0.3) is 0 Å². The van der Waals surface area contributed by atoms with E-state index >= 15 is 0 Å². The molecule has 0 aliphatic heterocycles. The Morgan fingerprint density at radius 2 is 1.89 bits per heavy atom. The Kier molecular flexibility index (Phi) is 7.28. The predicted octanol–water partition coefficient (Wildman–Crippen LogP) is 5.58. The highest BCUT2D eigenvalue weighted by Gasteiger charge is 2.22. The molecule has 3 heteroatoms. The number of hydrogen-bond acceptors (Lipinski definition) is 1. The molecule has 1 aromatic rings. The van der Waals surface area contributed by atoms with Gasteiger partial charge in [0.2, 0.25) is 0 Å². The van der Waals surface area contributed by atoms with Gasteiger partial charge in [0, 0.05) is 10.5 Å². The molecule has 1 rings (SSSR count). The SMILES string of the molecule is CCCNC(c1cccc(Br)c1Cl)C(CC)CC. The molecule has 0 spiro atoms. The molecule has 0 radical (unpaired) electrons. The fraction of sp³-hybridized carbons (Fsp3) is 0.600. The highest BCUT2D eigenvalue weighted by molar-refractivity contribution is 9.10. The maximum atomic E-state index is 6.44. The van der Waals surface area contributed by atoms with Gasteiger partial charge in [-0.1, -0.05) is 57.3 Å². The van der Waals surface area contributed by atoms with Gasteiger partial charge < -0.3 is 5.32 Å². The van der Waals surface area contributed by atoms with E-state index in [1.165, 1.54) is 18.4 Å². The van der Waals surface area contributed by atoms with Gasteiger partial charge in [-0.3, -0.25) is 0 Å². The summed E-state index contributed by atoms with van der Waals surface area (Å²) in [6.45, 7) is 7.73. The van der Waals surface area contributed by atoms with Gasteiger partial charge in [-0.25, -0.2) is 0 Å². The second kappa shape index (κ2) is 8.19. The lowest BCUT2D eigenvalue weighted by Gasteiger charge is -2.28. The summed E-state index contributed by atoms with van der Waals surface area (Å²) >= 11 is 9.95. The fourth-order valence-corrected chi connectivity index (χ4v) is 2.98. The van der Waals surface area contributed by atoms with E-state index in [-0.39, 0.29) is 0 Å². The fourth-order valence-electron chi connectivity index (χ4n) is 2.35. The molecule has 0 saturated heterocycles. The minimum Gasteiger partial charge on any atom is -0.310 e. The van der Waals surface area contributed by atoms with Crippen LogP contribution in [0.25, 0.3) is 0 Å². The van der Waals surface area contributed by atoms with Crippen molar-refractivity contribution >= 4 is 27.5 Å². The average Bonchev–Trinajstić information content (AvgIpc) is 2.38. The first-order valence-electron chi connectivity index (χ1n) is 6.82. The predicted molar refractivity (Wildman–Crippen MR) is 84.3 cm³/mol. The average molecular weight is 333 g/mol. The summed E-state index contributed by atoms with van der Waals surface area (Å²) in [5, 5.41) is 4.50. The van der Waals surface area contributed by atoms with Crippen LogP contribution in [0.4, 0.5) is 0 Å². The summed E-state index contributed by atoms with van der Waals surface area (Å²) in [5.74, 6) is 0.628. The lowest BCUT2D eigenvalue weighted by atomic mass is 9.88. The molecule has 0 heterocycles. The molecule has 0 fully saturated rings. The zero-order valence-corrected chi connectivity index (χ0v) is 13.8. The second-order valence-electron chi connectivity index (χ2n) is 4.65. The molecular weight excluding hydrogens is 310 g/mol. The zero-order chi connectivity index (χ0) is 13.5. The molecule has 1 unspecified atom stereocenters. The molecule has 0 amide bonds. The van der Waals surface area contributed by atoms with E-state index in [0.29, 0.717) is 12.0 Å². The molecule has 18 heavy (non-hydrogen) atoms. The first-order valence-corrected chi connectivity index (χ1v) is 7.99. The molecule has 0 aliphatic carbocycles. The maximum Gasteiger partial charge on any atom is 0.0595 e. The smallest absolute Gasteiger partial charge is 0.0595 e. The number of nitrogens with one attached hydrogen (secondary N) is 1. The number of hydrogen-bond donors (Lipinski definition) is 1. The van der Waals surface area contributed by atoms with Gasteiger partial charge in [0.05, 0.1) is 5.02 Å². The summed E-state index contributed by atoms with van der Waals surface area (Å²) in [5.41, 5.74) is 1.22. The van der Waals surface area contributed by atoms with Gasteiger partial charge in [0.1, 0.15) is 0 Å². The van der Waals surface area contributed by atoms with E-state index in [1.807, 2.05) is 6.07 Å². The molecule has 0 aromatic heterocycles. The summed E-state index contributed by atoms with van der Waals surface area (Å²) in [6.07, 6.45) is 3.48. The number of halogens is 2. The van der Waals surface area contributed by atoms with E-state index in [1.54, 1.807) is 0 Å². The quantitative estimate of drug-likeness (QED) is 0.687. The summed E-state index contributed by atoms with van der Waals surface area (Å²) in [6, 6.07) is 6.55. The molecule has 1 nitrogen and oxygen atoms in total. The van der Waals surface area contributed by atoms with Gasteiger partial charge in [0.15, 0.2) is 0 Å². The monoisotopic (exact) mass is 331 g/mol. The van der Waals surface area contributed by atoms with E-state index < -0.39 is 0 Å². The Morgan fingerprint density at radius 1 is 1.22 bits per heavy atom. The zero-order valence-electron chi connectivity index (χ0n) is 11.5. The Labute approximate surface area is 124 Å². The van der Waals surface area contributed by atoms with Crippen LogP contribution in [0.3, 0.4) is 0 Å². The summed E-state index contributed by atoms with van der Waals surface area (Å²) < 4.78 is 0.982. The van der Waals surface area contributed by atoms with E-state index in [9.17, 15) is 0 Å². The van der Waals surface area contributed by atoms with Crippen molar-refractivity contribution in [3.63, 3.8) is 0 Å². The minimum absolute atomic E-state index is 0.352. The molecular formula is C15H23BrClN. The Balaban J connectivity index is 3.04. The van der Waals surface area contributed by atoms with E-state index in [2.05, 4.69) is 54.2 Å². The maximum absolute atomic E-state index is 6.44. The van der Waals surface area contributed by atoms with Crippen LogP contribution >= 0.6 is 27.5 Å². The van der Waals surface area contributed by atoms with Crippen LogP contribution in [0.15, 0.2) is 22.7 Å². The first-order chi connectivity index (χ1) is 8.65. The molecule has 0 bridgehead atoms. The standard InChI is InChI=1S/C15H23BrClN/c1-4-10-18-15(11(5-2)6-3)12-8-7-9-13(16)14(12)17/h7-9,11,15,18H,4-6,10H2,1-3H3. The van der Waals surface area contributed by atoms with Crippen LogP contribution < -0.4 is 5.32 Å². The largest absolute Gasteiger partial charge is 0.310 e. The highest BCUT2D eigenvalue weighted by Crippen LogP contribution is 2.35. The number of rotatable bonds is 7. The Morgan fingerprint density at radius 3 is 2.44 bits per heavy atom. The molecule has 102 valence electrons. The van der Waals surface area contributed by atoms with Crippen molar-refractivity contribution in [2.45, 2.75) is 46.1 Å². The third-order valence-corrected chi connectivity index (χ3v) is 4.76. The normalized spacial score (nSPS) is 13.0. The van der Waals surface area contributed by atoms with Gasteiger partial charge >= 0.3 is 0 Å². The van der Waals surface area contributed by atoms with Crippen LogP contribution in [0.1, 0.15) is 51.6 Å². The summed E-state index contributed by atoms with van der Waals surface area (Å²) in [4.78, 5) is 0. The minimum atomic E-state index is 0.352. The highest BCUT2D eigenvalue weighted by atomic mass is 79.9. The van der Waals surface area contributed by atoms with Crippen molar-refractivity contribution in [2.75, 3.05) is 6.54 Å². The van der Waals surface area contributed by atoms with Crippen molar-refractivity contribution in [3.05, 3.63) is 33.3 Å². The lowest BCUT2D eigenvalue weighted by Crippen LogP contribution is -2.29. The molecule has 1 aromatic carbocycles. The van der Waals surface area contributed by atoms with Gasteiger partial charge in [-0.05, 0) is 46.4 Å². The van der Waals surface area contributed by atoms with Crippen LogP contribution in [-0.4, -0.2) is 6.54 Å². The third-order valence-electron chi connectivity index (χ3n) is 3.45. The molecule has 1 atom stereocenters. The van der Waals surface area contributed by atoms with Gasteiger partial charge in [-0.15, -0.1) is 0 Å². The molecule has 0 aliphatic rings. The van der Waals surface area contributed by atoms with Crippen molar-refractivity contribution in [2.24, 2.45) is 5.92 Å². The van der Waals surface area contributed by atoms with Crippen molar-refractivity contribution in [3.8, 4) is 0 Å². The van der Waals surface area contributed by atoms with Crippen LogP contribution in [0, 0.1) is 5.92 Å². The molecule has 0 saturated carbocycles. The topological polar surface area (TPSA) is 12.0 Å². The Hall–Kier alpha value is -0.0500. The van der Waals surface area contributed by atoms with Crippen molar-refractivity contribution in [1.29, 1.82) is 0 Å². The third kappa shape index (κ3) is 3.97. The number of benzene rings is 1. The van der Waals surface area contributed by atoms with Gasteiger partial charge in [-0.2, -0.15) is 0 Å². The van der Waals surface area contributed by atoms with Crippen LogP contribution in [0.5, 0.6) is 0 Å². The van der Waals surface area contributed by atoms with Crippen molar-refractivity contribution in [1.82, 2.24) is 5.32 Å². The first kappa shape index (κ1) is 16.0.